The average molecular weight is 393 g/mol. The van der Waals surface area contributed by atoms with Gasteiger partial charge in [-0.05, 0) is 46.1 Å². The number of carbonyl (C=O) groups excluding carboxylic acids is 1. The van der Waals surface area contributed by atoms with Gasteiger partial charge in [0.15, 0.2) is 11.6 Å². The van der Waals surface area contributed by atoms with Crippen LogP contribution >= 0.6 is 0 Å². The molecule has 4 rings (SSSR count). The summed E-state index contributed by atoms with van der Waals surface area (Å²) in [6.45, 7) is 7.08. The minimum Gasteiger partial charge on any atom is -0.379 e. The highest BCUT2D eigenvalue weighted by Crippen LogP contribution is 2.32. The van der Waals surface area contributed by atoms with Crippen LogP contribution in [0.4, 0.5) is 11.8 Å². The number of ketones is 1. The van der Waals surface area contributed by atoms with Crippen LogP contribution in [0.1, 0.15) is 50.4 Å². The van der Waals surface area contributed by atoms with E-state index in [0.717, 1.165) is 53.4 Å². The highest BCUT2D eigenvalue weighted by Gasteiger charge is 2.23. The Morgan fingerprint density at radius 3 is 2.79 bits per heavy atom. The number of pyridine rings is 1. The van der Waals surface area contributed by atoms with E-state index in [9.17, 15) is 4.79 Å². The molecule has 1 aromatic carbocycles. The molecule has 0 bridgehead atoms. The predicted molar refractivity (Wildman–Crippen MR) is 116 cm³/mol. The van der Waals surface area contributed by atoms with Gasteiger partial charge in [0.05, 0.1) is 11.6 Å². The van der Waals surface area contributed by atoms with Gasteiger partial charge in [-0.25, -0.2) is 15.0 Å². The van der Waals surface area contributed by atoms with E-state index in [4.69, 9.17) is 14.7 Å². The minimum atomic E-state index is 0.0303. The maximum atomic E-state index is 11.8. The van der Waals surface area contributed by atoms with Gasteiger partial charge in [0.1, 0.15) is 5.52 Å². The Bertz CT molecular complexity index is 1050. The molecule has 3 aromatic rings. The van der Waals surface area contributed by atoms with Gasteiger partial charge in [-0.1, -0.05) is 12.1 Å². The molecule has 0 amide bonds. The Morgan fingerprint density at radius 1 is 1.24 bits per heavy atom. The molecular formula is C22H27N5O2. The van der Waals surface area contributed by atoms with Crippen molar-refractivity contribution >= 4 is 39.4 Å². The molecule has 0 spiro atoms. The van der Waals surface area contributed by atoms with E-state index >= 15 is 0 Å². The van der Waals surface area contributed by atoms with Gasteiger partial charge in [-0.2, -0.15) is 0 Å². The van der Waals surface area contributed by atoms with Crippen molar-refractivity contribution in [1.29, 1.82) is 0 Å². The first-order valence-corrected chi connectivity index (χ1v) is 10.2. The number of Topliss-reactive ketones (excluding diaryl/α,β-unsaturated/α-hetero) is 1. The van der Waals surface area contributed by atoms with Gasteiger partial charge >= 0.3 is 0 Å². The number of benzene rings is 1. The summed E-state index contributed by atoms with van der Waals surface area (Å²) < 4.78 is 5.57. The third kappa shape index (κ3) is 4.62. The van der Waals surface area contributed by atoms with Gasteiger partial charge in [0, 0.05) is 41.7 Å². The second kappa shape index (κ2) is 8.29. The van der Waals surface area contributed by atoms with Gasteiger partial charge in [0.25, 0.3) is 0 Å². The monoisotopic (exact) mass is 393 g/mol. The van der Waals surface area contributed by atoms with Crippen molar-refractivity contribution in [3.8, 4) is 0 Å². The van der Waals surface area contributed by atoms with Crippen LogP contribution in [0.25, 0.3) is 21.8 Å². The van der Waals surface area contributed by atoms with Crippen LogP contribution < -0.4 is 10.6 Å². The molecule has 7 nitrogen and oxygen atoms in total. The number of nitrogens with one attached hydrogen (secondary N) is 2. The molecule has 29 heavy (non-hydrogen) atoms. The Labute approximate surface area is 170 Å². The van der Waals surface area contributed by atoms with Crippen LogP contribution in [-0.4, -0.2) is 46.0 Å². The number of hydrogen-bond acceptors (Lipinski definition) is 7. The summed E-state index contributed by atoms with van der Waals surface area (Å²) in [6.07, 6.45) is 5.24. The first-order valence-electron chi connectivity index (χ1n) is 10.2. The van der Waals surface area contributed by atoms with E-state index in [1.54, 1.807) is 6.92 Å². The number of nitrogens with zero attached hydrogens (tertiary/aromatic N) is 3. The smallest absolute Gasteiger partial charge is 0.223 e. The first-order chi connectivity index (χ1) is 14.0. The summed E-state index contributed by atoms with van der Waals surface area (Å²) in [7, 11) is 0. The van der Waals surface area contributed by atoms with E-state index in [1.807, 2.05) is 38.2 Å². The topological polar surface area (TPSA) is 89.0 Å². The second-order valence-electron chi connectivity index (χ2n) is 7.82. The fraction of sp³-hybridized carbons (Fsp3) is 0.455. The van der Waals surface area contributed by atoms with Crippen LogP contribution in [0.3, 0.4) is 0 Å². The molecule has 0 radical (unpaired) electrons. The maximum Gasteiger partial charge on any atom is 0.223 e. The van der Waals surface area contributed by atoms with E-state index in [-0.39, 0.29) is 11.9 Å². The third-order valence-corrected chi connectivity index (χ3v) is 4.91. The van der Waals surface area contributed by atoms with Gasteiger partial charge in [0.2, 0.25) is 5.95 Å². The van der Waals surface area contributed by atoms with Crippen molar-refractivity contribution in [1.82, 2.24) is 15.0 Å². The average Bonchev–Trinajstić information content (AvgIpc) is 3.51. The van der Waals surface area contributed by atoms with E-state index in [2.05, 4.69) is 15.6 Å². The second-order valence-corrected chi connectivity index (χ2v) is 7.82. The Hall–Kier alpha value is -2.80. The van der Waals surface area contributed by atoms with Crippen LogP contribution in [0.5, 0.6) is 0 Å². The summed E-state index contributed by atoms with van der Waals surface area (Å²) in [6, 6.07) is 6.05. The Morgan fingerprint density at radius 2 is 2.07 bits per heavy atom. The number of carbonyl (C=O) groups is 1. The summed E-state index contributed by atoms with van der Waals surface area (Å²) in [4.78, 5) is 25.8. The molecule has 0 unspecified atom stereocenters. The van der Waals surface area contributed by atoms with Crippen molar-refractivity contribution in [2.24, 2.45) is 0 Å². The van der Waals surface area contributed by atoms with Crippen molar-refractivity contribution < 1.29 is 9.53 Å². The number of aromatic nitrogens is 3. The van der Waals surface area contributed by atoms with Crippen LogP contribution in [0.2, 0.25) is 0 Å². The highest BCUT2D eigenvalue weighted by atomic mass is 16.5. The lowest BCUT2D eigenvalue weighted by Crippen LogP contribution is -2.11. The first kappa shape index (κ1) is 19.5. The number of fused-ring (bicyclic) bond motifs is 3. The van der Waals surface area contributed by atoms with Crippen molar-refractivity contribution in [2.45, 2.75) is 52.2 Å². The van der Waals surface area contributed by atoms with Crippen molar-refractivity contribution in [3.05, 3.63) is 30.0 Å². The molecule has 0 saturated heterocycles. The SMILES string of the molecule is CC(=O)c1ccc2c(c1)nc(NC1CC1)c1nc(NCCCOC(C)C)ncc12. The number of anilines is 2. The molecule has 2 N–H and O–H groups in total. The number of rotatable bonds is 9. The van der Waals surface area contributed by atoms with E-state index in [1.165, 1.54) is 0 Å². The molecular weight excluding hydrogens is 366 g/mol. The summed E-state index contributed by atoms with van der Waals surface area (Å²) in [5.74, 6) is 1.37. The molecule has 2 aromatic heterocycles. The summed E-state index contributed by atoms with van der Waals surface area (Å²) in [5, 5.41) is 8.64. The molecule has 0 atom stereocenters. The molecule has 1 aliphatic rings. The third-order valence-electron chi connectivity index (χ3n) is 4.91. The molecule has 1 saturated carbocycles. The van der Waals surface area contributed by atoms with Gasteiger partial charge in [-0.15, -0.1) is 0 Å². The molecule has 1 fully saturated rings. The zero-order valence-corrected chi connectivity index (χ0v) is 17.2. The van der Waals surface area contributed by atoms with Crippen LogP contribution in [0.15, 0.2) is 24.4 Å². The van der Waals surface area contributed by atoms with Crippen LogP contribution in [0, 0.1) is 0 Å². The Kier molecular flexibility index (Phi) is 5.58. The normalized spacial score (nSPS) is 13.9. The maximum absolute atomic E-state index is 11.8. The fourth-order valence-electron chi connectivity index (χ4n) is 3.20. The van der Waals surface area contributed by atoms with Gasteiger partial charge < -0.3 is 15.4 Å². The number of hydrogen-bond donors (Lipinski definition) is 2. The fourth-order valence-corrected chi connectivity index (χ4v) is 3.20. The zero-order valence-electron chi connectivity index (χ0n) is 17.2. The standard InChI is InChI=1S/C22H27N5O2/c1-13(2)29-10-4-9-23-22-24-12-18-17-8-5-15(14(3)28)11-19(17)26-21(20(18)27-22)25-16-6-7-16/h5,8,11-13,16H,4,6-7,9-10H2,1-3H3,(H,25,26)(H,23,24,27). The molecule has 1 aliphatic carbocycles. The van der Waals surface area contributed by atoms with Crippen molar-refractivity contribution in [2.75, 3.05) is 23.8 Å². The number of ether oxygens (including phenoxy) is 1. The molecule has 2 heterocycles. The van der Waals surface area contributed by atoms with Gasteiger partial charge in [-0.3, -0.25) is 4.79 Å². The lowest BCUT2D eigenvalue weighted by Gasteiger charge is -2.12. The van der Waals surface area contributed by atoms with E-state index in [0.29, 0.717) is 24.2 Å². The molecule has 0 aliphatic heterocycles. The summed E-state index contributed by atoms with van der Waals surface area (Å²) in [5.41, 5.74) is 2.24. The summed E-state index contributed by atoms with van der Waals surface area (Å²) >= 11 is 0. The van der Waals surface area contributed by atoms with Crippen LogP contribution in [-0.2, 0) is 4.74 Å². The zero-order chi connectivity index (χ0) is 20.4. The van der Waals surface area contributed by atoms with Crippen molar-refractivity contribution in [3.63, 3.8) is 0 Å². The minimum absolute atomic E-state index is 0.0303. The lowest BCUT2D eigenvalue weighted by molar-refractivity contribution is 0.0787. The highest BCUT2D eigenvalue weighted by molar-refractivity contribution is 6.10. The largest absolute Gasteiger partial charge is 0.379 e. The van der Waals surface area contributed by atoms with E-state index < -0.39 is 0 Å². The predicted octanol–water partition coefficient (Wildman–Crippen LogP) is 4.18. The lowest BCUT2D eigenvalue weighted by atomic mass is 10.1. The molecule has 7 heteroatoms. The molecule has 152 valence electrons. The Balaban J connectivity index is 1.65. The quantitative estimate of drug-likeness (QED) is 0.320.